The number of benzene rings is 1. The molecule has 1 fully saturated rings. The van der Waals surface area contributed by atoms with Gasteiger partial charge in [-0.1, -0.05) is 18.2 Å². The average Bonchev–Trinajstić information content (AvgIpc) is 2.63. The third-order valence-corrected chi connectivity index (χ3v) is 4.47. The Labute approximate surface area is 147 Å². The van der Waals surface area contributed by atoms with Crippen LogP contribution in [0.2, 0.25) is 0 Å². The van der Waals surface area contributed by atoms with Gasteiger partial charge in [-0.15, -0.1) is 0 Å². The number of amides is 2. The zero-order valence-corrected chi connectivity index (χ0v) is 14.5. The van der Waals surface area contributed by atoms with E-state index in [0.29, 0.717) is 11.4 Å². The van der Waals surface area contributed by atoms with Gasteiger partial charge in [-0.05, 0) is 30.7 Å². The summed E-state index contributed by atoms with van der Waals surface area (Å²) in [6.07, 6.45) is 1.76. The van der Waals surface area contributed by atoms with Gasteiger partial charge in [-0.25, -0.2) is 4.98 Å². The van der Waals surface area contributed by atoms with E-state index in [9.17, 15) is 9.59 Å². The number of pyridine rings is 1. The van der Waals surface area contributed by atoms with Gasteiger partial charge in [0.2, 0.25) is 5.91 Å². The van der Waals surface area contributed by atoms with Crippen molar-refractivity contribution in [2.75, 3.05) is 36.4 Å². The molecule has 1 aromatic carbocycles. The molecule has 0 atom stereocenters. The highest BCUT2D eigenvalue weighted by atomic mass is 16.2. The Morgan fingerprint density at radius 3 is 2.36 bits per heavy atom. The van der Waals surface area contributed by atoms with Gasteiger partial charge in [0.15, 0.2) is 0 Å². The molecule has 1 saturated heterocycles. The predicted octanol–water partition coefficient (Wildman–Crippen LogP) is 2.31. The normalized spacial score (nSPS) is 14.3. The molecule has 25 heavy (non-hydrogen) atoms. The molecule has 6 nitrogen and oxygen atoms in total. The second-order valence-corrected chi connectivity index (χ2v) is 6.16. The number of carbonyl (C=O) groups is 2. The first-order chi connectivity index (χ1) is 12.0. The van der Waals surface area contributed by atoms with Crippen LogP contribution in [0.15, 0.2) is 42.6 Å². The SMILES string of the molecule is CC(=O)N1CCN(c2ccc(NC(=O)c3ccccc3C)nc2)CC1. The van der Waals surface area contributed by atoms with E-state index in [1.54, 1.807) is 19.2 Å². The van der Waals surface area contributed by atoms with Gasteiger partial charge in [0.1, 0.15) is 5.82 Å². The Morgan fingerprint density at radius 2 is 1.76 bits per heavy atom. The van der Waals surface area contributed by atoms with Crippen molar-refractivity contribution in [2.45, 2.75) is 13.8 Å². The molecular weight excluding hydrogens is 316 g/mol. The van der Waals surface area contributed by atoms with Crippen molar-refractivity contribution >= 4 is 23.3 Å². The summed E-state index contributed by atoms with van der Waals surface area (Å²) in [6, 6.07) is 11.2. The van der Waals surface area contributed by atoms with Crippen LogP contribution in [0.25, 0.3) is 0 Å². The fourth-order valence-electron chi connectivity index (χ4n) is 2.94. The number of piperazine rings is 1. The van der Waals surface area contributed by atoms with Crippen LogP contribution < -0.4 is 10.2 Å². The summed E-state index contributed by atoms with van der Waals surface area (Å²) in [5.41, 5.74) is 2.57. The monoisotopic (exact) mass is 338 g/mol. The van der Waals surface area contributed by atoms with E-state index in [-0.39, 0.29) is 11.8 Å². The number of carbonyl (C=O) groups excluding carboxylic acids is 2. The zero-order chi connectivity index (χ0) is 17.8. The van der Waals surface area contributed by atoms with E-state index in [1.165, 1.54) is 0 Å². The van der Waals surface area contributed by atoms with Crippen molar-refractivity contribution < 1.29 is 9.59 Å². The van der Waals surface area contributed by atoms with Crippen molar-refractivity contribution in [1.82, 2.24) is 9.88 Å². The van der Waals surface area contributed by atoms with Crippen LogP contribution >= 0.6 is 0 Å². The maximum Gasteiger partial charge on any atom is 0.257 e. The lowest BCUT2D eigenvalue weighted by atomic mass is 10.1. The lowest BCUT2D eigenvalue weighted by molar-refractivity contribution is -0.129. The molecule has 0 saturated carbocycles. The minimum atomic E-state index is -0.159. The summed E-state index contributed by atoms with van der Waals surface area (Å²) >= 11 is 0. The molecule has 2 heterocycles. The van der Waals surface area contributed by atoms with Crippen LogP contribution in [0, 0.1) is 6.92 Å². The third-order valence-electron chi connectivity index (χ3n) is 4.47. The summed E-state index contributed by atoms with van der Waals surface area (Å²) in [7, 11) is 0. The number of aryl methyl sites for hydroxylation is 1. The van der Waals surface area contributed by atoms with Gasteiger partial charge in [-0.3, -0.25) is 9.59 Å². The van der Waals surface area contributed by atoms with Crippen LogP contribution in [0.3, 0.4) is 0 Å². The van der Waals surface area contributed by atoms with Crippen LogP contribution in [0.1, 0.15) is 22.8 Å². The van der Waals surface area contributed by atoms with Crippen molar-refractivity contribution in [3.05, 3.63) is 53.7 Å². The van der Waals surface area contributed by atoms with E-state index in [1.807, 2.05) is 42.2 Å². The lowest BCUT2D eigenvalue weighted by Gasteiger charge is -2.35. The third kappa shape index (κ3) is 3.96. The molecule has 1 aliphatic heterocycles. The summed E-state index contributed by atoms with van der Waals surface area (Å²) in [5.74, 6) is 0.486. The summed E-state index contributed by atoms with van der Waals surface area (Å²) in [5, 5.41) is 2.83. The van der Waals surface area contributed by atoms with E-state index in [2.05, 4.69) is 15.2 Å². The lowest BCUT2D eigenvalue weighted by Crippen LogP contribution is -2.48. The van der Waals surface area contributed by atoms with Crippen LogP contribution in [0.5, 0.6) is 0 Å². The number of hydrogen-bond acceptors (Lipinski definition) is 4. The van der Waals surface area contributed by atoms with Crippen LogP contribution in [-0.4, -0.2) is 47.9 Å². The van der Waals surface area contributed by atoms with Gasteiger partial charge in [0.05, 0.1) is 11.9 Å². The largest absolute Gasteiger partial charge is 0.367 e. The molecule has 2 amide bonds. The molecule has 1 aliphatic rings. The Kier molecular flexibility index (Phi) is 4.97. The van der Waals surface area contributed by atoms with Gasteiger partial charge in [0, 0.05) is 38.7 Å². The minimum absolute atomic E-state index is 0.118. The first-order valence-corrected chi connectivity index (χ1v) is 8.38. The molecule has 2 aromatic rings. The first kappa shape index (κ1) is 17.0. The second kappa shape index (κ2) is 7.34. The average molecular weight is 338 g/mol. The minimum Gasteiger partial charge on any atom is -0.367 e. The van der Waals surface area contributed by atoms with E-state index in [0.717, 1.165) is 37.4 Å². The van der Waals surface area contributed by atoms with Crippen LogP contribution in [0.4, 0.5) is 11.5 Å². The molecule has 3 rings (SSSR count). The fourth-order valence-corrected chi connectivity index (χ4v) is 2.94. The number of aromatic nitrogens is 1. The molecule has 0 radical (unpaired) electrons. The predicted molar refractivity (Wildman–Crippen MR) is 97.8 cm³/mol. The maximum absolute atomic E-state index is 12.3. The summed E-state index contributed by atoms with van der Waals surface area (Å²) in [4.78, 5) is 32.1. The number of hydrogen-bond donors (Lipinski definition) is 1. The van der Waals surface area contributed by atoms with Crippen molar-refractivity contribution in [2.24, 2.45) is 0 Å². The first-order valence-electron chi connectivity index (χ1n) is 8.38. The Hall–Kier alpha value is -2.89. The van der Waals surface area contributed by atoms with E-state index < -0.39 is 0 Å². The number of anilines is 2. The number of nitrogens with zero attached hydrogens (tertiary/aromatic N) is 3. The Bertz CT molecular complexity index is 765. The standard InChI is InChI=1S/C19H22N4O2/c1-14-5-3-4-6-17(14)19(25)21-18-8-7-16(13-20-18)23-11-9-22(10-12-23)15(2)24/h3-8,13H,9-12H2,1-2H3,(H,20,21,25). The Balaban J connectivity index is 1.62. The zero-order valence-electron chi connectivity index (χ0n) is 14.5. The van der Waals surface area contributed by atoms with Crippen molar-refractivity contribution in [1.29, 1.82) is 0 Å². The quantitative estimate of drug-likeness (QED) is 0.933. The molecule has 1 aromatic heterocycles. The van der Waals surface area contributed by atoms with Gasteiger partial charge < -0.3 is 15.1 Å². The van der Waals surface area contributed by atoms with Crippen molar-refractivity contribution in [3.63, 3.8) is 0 Å². The highest BCUT2D eigenvalue weighted by molar-refractivity contribution is 6.04. The molecule has 0 unspecified atom stereocenters. The second-order valence-electron chi connectivity index (χ2n) is 6.16. The summed E-state index contributed by atoms with van der Waals surface area (Å²) < 4.78 is 0. The topological polar surface area (TPSA) is 65.5 Å². The van der Waals surface area contributed by atoms with Gasteiger partial charge in [0.25, 0.3) is 5.91 Å². The molecule has 0 bridgehead atoms. The van der Waals surface area contributed by atoms with Crippen molar-refractivity contribution in [3.8, 4) is 0 Å². The maximum atomic E-state index is 12.3. The van der Waals surface area contributed by atoms with Crippen LogP contribution in [-0.2, 0) is 4.79 Å². The molecule has 1 N–H and O–H groups in total. The van der Waals surface area contributed by atoms with E-state index in [4.69, 9.17) is 0 Å². The molecule has 130 valence electrons. The van der Waals surface area contributed by atoms with E-state index >= 15 is 0 Å². The molecule has 6 heteroatoms. The Morgan fingerprint density at radius 1 is 1.04 bits per heavy atom. The number of rotatable bonds is 3. The molecule has 0 aliphatic carbocycles. The highest BCUT2D eigenvalue weighted by Gasteiger charge is 2.19. The number of nitrogens with one attached hydrogen (secondary N) is 1. The highest BCUT2D eigenvalue weighted by Crippen LogP contribution is 2.18. The van der Waals surface area contributed by atoms with Gasteiger partial charge in [-0.2, -0.15) is 0 Å². The fraction of sp³-hybridized carbons (Fsp3) is 0.316. The van der Waals surface area contributed by atoms with Gasteiger partial charge >= 0.3 is 0 Å². The summed E-state index contributed by atoms with van der Waals surface area (Å²) in [6.45, 7) is 6.53. The smallest absolute Gasteiger partial charge is 0.257 e. The molecular formula is C19H22N4O2. The molecule has 0 spiro atoms.